The van der Waals surface area contributed by atoms with Crippen molar-refractivity contribution in [3.05, 3.63) is 88.2 Å². The van der Waals surface area contributed by atoms with Gasteiger partial charge in [0.05, 0.1) is 6.26 Å². The van der Waals surface area contributed by atoms with Crippen LogP contribution < -0.4 is 10.9 Å². The van der Waals surface area contributed by atoms with Crippen LogP contribution in [0.4, 0.5) is 0 Å². The highest BCUT2D eigenvalue weighted by molar-refractivity contribution is 5.92. The minimum absolute atomic E-state index is 0.195. The molecule has 1 atom stereocenters. The lowest BCUT2D eigenvalue weighted by atomic mass is 10.0. The van der Waals surface area contributed by atoms with Gasteiger partial charge in [0.25, 0.3) is 11.5 Å². The number of carbonyl (C=O) groups excluding carboxylic acids is 1. The van der Waals surface area contributed by atoms with E-state index in [4.69, 9.17) is 4.42 Å². The number of aromatic nitrogens is 2. The smallest absolute Gasteiger partial charge is 0.272 e. The van der Waals surface area contributed by atoms with Crippen molar-refractivity contribution in [2.45, 2.75) is 25.9 Å². The molecule has 1 unspecified atom stereocenters. The van der Waals surface area contributed by atoms with E-state index in [0.717, 1.165) is 12.0 Å². The van der Waals surface area contributed by atoms with Crippen molar-refractivity contribution in [2.24, 2.45) is 0 Å². The first-order valence-corrected chi connectivity index (χ1v) is 8.16. The van der Waals surface area contributed by atoms with Crippen LogP contribution in [0, 0.1) is 0 Å². The zero-order chi connectivity index (χ0) is 17.6. The largest absolute Gasteiger partial charge is 0.467 e. The summed E-state index contributed by atoms with van der Waals surface area (Å²) in [6.07, 6.45) is 2.33. The van der Waals surface area contributed by atoms with E-state index in [1.165, 1.54) is 16.8 Å². The highest BCUT2D eigenvalue weighted by Crippen LogP contribution is 2.22. The number of benzene rings is 1. The second-order valence-corrected chi connectivity index (χ2v) is 5.61. The Hall–Kier alpha value is -3.15. The van der Waals surface area contributed by atoms with E-state index in [-0.39, 0.29) is 17.2 Å². The summed E-state index contributed by atoms with van der Waals surface area (Å²) in [5.74, 6) is 0.261. The molecule has 6 heteroatoms. The molecule has 3 rings (SSSR count). The van der Waals surface area contributed by atoms with Crippen LogP contribution in [0.25, 0.3) is 0 Å². The monoisotopic (exact) mass is 337 g/mol. The van der Waals surface area contributed by atoms with Crippen molar-refractivity contribution in [3.8, 4) is 0 Å². The molecule has 0 radical (unpaired) electrons. The van der Waals surface area contributed by atoms with Crippen LogP contribution in [0.3, 0.4) is 0 Å². The topological polar surface area (TPSA) is 77.1 Å². The molecule has 0 spiro atoms. The molecule has 0 fully saturated rings. The van der Waals surface area contributed by atoms with Gasteiger partial charge in [-0.05, 0) is 30.2 Å². The summed E-state index contributed by atoms with van der Waals surface area (Å²) in [7, 11) is 0. The second-order valence-electron chi connectivity index (χ2n) is 5.61. The SMILES string of the molecule is CCCn1nc(C(=O)NC(c2ccccc2)c2ccco2)ccc1=O. The van der Waals surface area contributed by atoms with Gasteiger partial charge in [-0.25, -0.2) is 4.68 Å². The molecule has 1 aromatic carbocycles. The predicted octanol–water partition coefficient (Wildman–Crippen LogP) is 2.77. The Bertz CT molecular complexity index is 886. The molecule has 1 N–H and O–H groups in total. The molecule has 0 aliphatic rings. The van der Waals surface area contributed by atoms with Crippen molar-refractivity contribution in [2.75, 3.05) is 0 Å². The van der Waals surface area contributed by atoms with E-state index in [9.17, 15) is 9.59 Å². The summed E-state index contributed by atoms with van der Waals surface area (Å²) >= 11 is 0. The third kappa shape index (κ3) is 3.85. The van der Waals surface area contributed by atoms with Crippen molar-refractivity contribution >= 4 is 5.91 Å². The summed E-state index contributed by atoms with van der Waals surface area (Å²) < 4.78 is 6.78. The van der Waals surface area contributed by atoms with Gasteiger partial charge in [-0.3, -0.25) is 9.59 Å². The fourth-order valence-corrected chi connectivity index (χ4v) is 2.57. The first-order valence-electron chi connectivity index (χ1n) is 8.16. The number of amides is 1. The average Bonchev–Trinajstić information content (AvgIpc) is 3.16. The molecule has 0 aliphatic heterocycles. The van der Waals surface area contributed by atoms with Gasteiger partial charge in [0.1, 0.15) is 17.5 Å². The number of hydrogen-bond acceptors (Lipinski definition) is 4. The van der Waals surface area contributed by atoms with Crippen LogP contribution in [0.15, 0.2) is 70.1 Å². The summed E-state index contributed by atoms with van der Waals surface area (Å²) in [5.41, 5.74) is 0.872. The molecular formula is C19H19N3O3. The molecule has 0 bridgehead atoms. The standard InChI is InChI=1S/C19H19N3O3/c1-2-12-22-17(23)11-10-15(21-22)19(24)20-18(16-9-6-13-25-16)14-7-4-3-5-8-14/h3-11,13,18H,2,12H2,1H3,(H,20,24). The van der Waals surface area contributed by atoms with Crippen LogP contribution in [-0.2, 0) is 6.54 Å². The molecule has 6 nitrogen and oxygen atoms in total. The van der Waals surface area contributed by atoms with Crippen LogP contribution in [0.5, 0.6) is 0 Å². The molecule has 2 aromatic heterocycles. The van der Waals surface area contributed by atoms with Gasteiger partial charge in [0.15, 0.2) is 0 Å². The Morgan fingerprint density at radius 3 is 2.64 bits per heavy atom. The zero-order valence-corrected chi connectivity index (χ0v) is 13.9. The zero-order valence-electron chi connectivity index (χ0n) is 13.9. The van der Waals surface area contributed by atoms with Gasteiger partial charge >= 0.3 is 0 Å². The number of nitrogens with zero attached hydrogens (tertiary/aromatic N) is 2. The maximum atomic E-state index is 12.7. The lowest BCUT2D eigenvalue weighted by molar-refractivity contribution is 0.0931. The van der Waals surface area contributed by atoms with E-state index < -0.39 is 6.04 Å². The third-order valence-corrected chi connectivity index (χ3v) is 3.77. The second kappa shape index (κ2) is 7.61. The number of hydrogen-bond donors (Lipinski definition) is 1. The van der Waals surface area contributed by atoms with Crippen LogP contribution >= 0.6 is 0 Å². The van der Waals surface area contributed by atoms with Gasteiger partial charge in [0, 0.05) is 12.6 Å². The third-order valence-electron chi connectivity index (χ3n) is 3.77. The Labute approximate surface area is 145 Å². The van der Waals surface area contributed by atoms with Gasteiger partial charge in [-0.1, -0.05) is 37.3 Å². The van der Waals surface area contributed by atoms with Crippen molar-refractivity contribution < 1.29 is 9.21 Å². The number of nitrogens with one attached hydrogen (secondary N) is 1. The number of furan rings is 1. The molecule has 128 valence electrons. The van der Waals surface area contributed by atoms with E-state index in [0.29, 0.717) is 12.3 Å². The summed E-state index contributed by atoms with van der Waals surface area (Å²) in [5, 5.41) is 7.08. The Kier molecular flexibility index (Phi) is 5.09. The van der Waals surface area contributed by atoms with Crippen LogP contribution in [0.1, 0.15) is 41.2 Å². The molecule has 2 heterocycles. The molecule has 0 aliphatic carbocycles. The first-order chi connectivity index (χ1) is 12.2. The fourth-order valence-electron chi connectivity index (χ4n) is 2.57. The van der Waals surface area contributed by atoms with Gasteiger partial charge < -0.3 is 9.73 Å². The van der Waals surface area contributed by atoms with Crippen LogP contribution in [-0.4, -0.2) is 15.7 Å². The predicted molar refractivity (Wildman–Crippen MR) is 93.2 cm³/mol. The van der Waals surface area contributed by atoms with Gasteiger partial charge in [-0.15, -0.1) is 0 Å². The van der Waals surface area contributed by atoms with Crippen molar-refractivity contribution in [1.82, 2.24) is 15.1 Å². The molecular weight excluding hydrogens is 318 g/mol. The Morgan fingerprint density at radius 2 is 1.96 bits per heavy atom. The molecule has 0 saturated heterocycles. The first kappa shape index (κ1) is 16.7. The minimum Gasteiger partial charge on any atom is -0.467 e. The molecule has 1 amide bonds. The Balaban J connectivity index is 1.89. The number of aryl methyl sites for hydroxylation is 1. The number of carbonyl (C=O) groups is 1. The van der Waals surface area contributed by atoms with E-state index in [2.05, 4.69) is 10.4 Å². The Morgan fingerprint density at radius 1 is 1.16 bits per heavy atom. The molecule has 3 aromatic rings. The number of rotatable bonds is 6. The van der Waals surface area contributed by atoms with Crippen LogP contribution in [0.2, 0.25) is 0 Å². The van der Waals surface area contributed by atoms with E-state index >= 15 is 0 Å². The fraction of sp³-hybridized carbons (Fsp3) is 0.211. The van der Waals surface area contributed by atoms with E-state index in [1.54, 1.807) is 12.3 Å². The normalized spacial score (nSPS) is 11.9. The highest BCUT2D eigenvalue weighted by atomic mass is 16.3. The van der Waals surface area contributed by atoms with Gasteiger partial charge in [0.2, 0.25) is 0 Å². The summed E-state index contributed by atoms with van der Waals surface area (Å²) in [6, 6.07) is 15.5. The quantitative estimate of drug-likeness (QED) is 0.750. The summed E-state index contributed by atoms with van der Waals surface area (Å²) in [6.45, 7) is 2.42. The van der Waals surface area contributed by atoms with E-state index in [1.807, 2.05) is 43.3 Å². The van der Waals surface area contributed by atoms with Gasteiger partial charge in [-0.2, -0.15) is 5.10 Å². The lowest BCUT2D eigenvalue weighted by Gasteiger charge is -2.17. The minimum atomic E-state index is -0.433. The maximum absolute atomic E-state index is 12.7. The van der Waals surface area contributed by atoms with Crippen molar-refractivity contribution in [3.63, 3.8) is 0 Å². The highest BCUT2D eigenvalue weighted by Gasteiger charge is 2.21. The molecule has 25 heavy (non-hydrogen) atoms. The molecule has 0 saturated carbocycles. The average molecular weight is 337 g/mol. The maximum Gasteiger partial charge on any atom is 0.272 e. The lowest BCUT2D eigenvalue weighted by Crippen LogP contribution is -2.32. The summed E-state index contributed by atoms with van der Waals surface area (Å²) in [4.78, 5) is 24.4. The van der Waals surface area contributed by atoms with Crippen molar-refractivity contribution in [1.29, 1.82) is 0 Å².